The standard InChI is InChI=1S/C15H23NO/c1-11-8-12(2)15(13(3)9-11)10-16-14-4-6-17-7-5-14/h8-9,14,16H,4-7,10H2,1-3H3. The van der Waals surface area contributed by atoms with Crippen LogP contribution >= 0.6 is 0 Å². The predicted octanol–water partition coefficient (Wildman–Crippen LogP) is 2.88. The first kappa shape index (κ1) is 12.6. The van der Waals surface area contributed by atoms with E-state index in [1.807, 2.05) is 0 Å². The number of aryl methyl sites for hydroxylation is 3. The van der Waals surface area contributed by atoms with Crippen molar-refractivity contribution in [2.75, 3.05) is 13.2 Å². The molecule has 1 aliphatic rings. The largest absolute Gasteiger partial charge is 0.381 e. The molecule has 1 fully saturated rings. The Morgan fingerprint density at radius 2 is 1.71 bits per heavy atom. The minimum atomic E-state index is 0.629. The van der Waals surface area contributed by atoms with Crippen molar-refractivity contribution in [3.05, 3.63) is 34.4 Å². The third-order valence-electron chi connectivity index (χ3n) is 3.63. The minimum Gasteiger partial charge on any atom is -0.381 e. The maximum Gasteiger partial charge on any atom is 0.0480 e. The van der Waals surface area contributed by atoms with E-state index < -0.39 is 0 Å². The molecule has 1 aromatic rings. The highest BCUT2D eigenvalue weighted by Gasteiger charge is 2.13. The highest BCUT2D eigenvalue weighted by molar-refractivity contribution is 5.37. The van der Waals surface area contributed by atoms with Crippen LogP contribution in [0, 0.1) is 20.8 Å². The maximum atomic E-state index is 5.37. The van der Waals surface area contributed by atoms with Gasteiger partial charge in [0.2, 0.25) is 0 Å². The van der Waals surface area contributed by atoms with Crippen LogP contribution in [0.2, 0.25) is 0 Å². The van der Waals surface area contributed by atoms with E-state index in [1.165, 1.54) is 22.3 Å². The second-order valence-electron chi connectivity index (χ2n) is 5.14. The summed E-state index contributed by atoms with van der Waals surface area (Å²) in [6, 6.07) is 5.17. The van der Waals surface area contributed by atoms with Crippen molar-refractivity contribution in [3.8, 4) is 0 Å². The van der Waals surface area contributed by atoms with E-state index in [9.17, 15) is 0 Å². The third-order valence-corrected chi connectivity index (χ3v) is 3.63. The third kappa shape index (κ3) is 3.30. The molecule has 94 valence electrons. The number of benzene rings is 1. The Bertz CT molecular complexity index is 358. The Hall–Kier alpha value is -0.860. The Kier molecular flexibility index (Phi) is 4.19. The van der Waals surface area contributed by atoms with Gasteiger partial charge in [0, 0.05) is 25.8 Å². The van der Waals surface area contributed by atoms with Crippen molar-refractivity contribution in [1.82, 2.24) is 5.32 Å². The summed E-state index contributed by atoms with van der Waals surface area (Å²) in [6.07, 6.45) is 2.29. The fraction of sp³-hybridized carbons (Fsp3) is 0.600. The van der Waals surface area contributed by atoms with Crippen LogP contribution in [-0.2, 0) is 11.3 Å². The first-order valence-electron chi connectivity index (χ1n) is 6.54. The van der Waals surface area contributed by atoms with Crippen LogP contribution < -0.4 is 5.32 Å². The zero-order chi connectivity index (χ0) is 12.3. The van der Waals surface area contributed by atoms with Gasteiger partial charge >= 0.3 is 0 Å². The summed E-state index contributed by atoms with van der Waals surface area (Å²) in [5, 5.41) is 3.66. The monoisotopic (exact) mass is 233 g/mol. The zero-order valence-corrected chi connectivity index (χ0v) is 11.2. The number of nitrogens with one attached hydrogen (secondary N) is 1. The summed E-state index contributed by atoms with van der Waals surface area (Å²) >= 11 is 0. The van der Waals surface area contributed by atoms with Gasteiger partial charge < -0.3 is 10.1 Å². The molecule has 2 nitrogen and oxygen atoms in total. The van der Waals surface area contributed by atoms with E-state index in [0.29, 0.717) is 6.04 Å². The van der Waals surface area contributed by atoms with Crippen LogP contribution in [0.4, 0.5) is 0 Å². The van der Waals surface area contributed by atoms with Gasteiger partial charge in [-0.25, -0.2) is 0 Å². The van der Waals surface area contributed by atoms with Crippen molar-refractivity contribution < 1.29 is 4.74 Å². The number of hydrogen-bond donors (Lipinski definition) is 1. The van der Waals surface area contributed by atoms with Gasteiger partial charge in [0.1, 0.15) is 0 Å². The van der Waals surface area contributed by atoms with E-state index in [-0.39, 0.29) is 0 Å². The topological polar surface area (TPSA) is 21.3 Å². The lowest BCUT2D eigenvalue weighted by Crippen LogP contribution is -2.34. The molecule has 2 heteroatoms. The SMILES string of the molecule is Cc1cc(C)c(CNC2CCOCC2)c(C)c1. The van der Waals surface area contributed by atoms with Crippen molar-refractivity contribution in [2.24, 2.45) is 0 Å². The first-order chi connectivity index (χ1) is 8.16. The maximum absolute atomic E-state index is 5.37. The molecule has 0 bridgehead atoms. The molecule has 1 aliphatic heterocycles. The molecule has 0 unspecified atom stereocenters. The second kappa shape index (κ2) is 5.65. The fourth-order valence-electron chi connectivity index (χ4n) is 2.64. The smallest absolute Gasteiger partial charge is 0.0480 e. The molecule has 0 atom stereocenters. The molecule has 1 saturated heterocycles. The van der Waals surface area contributed by atoms with E-state index in [0.717, 1.165) is 32.6 Å². The quantitative estimate of drug-likeness (QED) is 0.866. The lowest BCUT2D eigenvalue weighted by molar-refractivity contribution is 0.0776. The summed E-state index contributed by atoms with van der Waals surface area (Å²) in [5.41, 5.74) is 5.63. The molecule has 0 saturated carbocycles. The predicted molar refractivity (Wildman–Crippen MR) is 71.3 cm³/mol. The Balaban J connectivity index is 1.98. The van der Waals surface area contributed by atoms with Crippen LogP contribution in [0.15, 0.2) is 12.1 Å². The summed E-state index contributed by atoms with van der Waals surface area (Å²) in [5.74, 6) is 0. The average molecular weight is 233 g/mol. The van der Waals surface area contributed by atoms with Crippen molar-refractivity contribution >= 4 is 0 Å². The van der Waals surface area contributed by atoms with Gasteiger partial charge in [0.05, 0.1) is 0 Å². The molecule has 1 aromatic carbocycles. The van der Waals surface area contributed by atoms with Gasteiger partial charge in [0.15, 0.2) is 0 Å². The average Bonchev–Trinajstić information content (AvgIpc) is 2.29. The van der Waals surface area contributed by atoms with Gasteiger partial charge in [-0.3, -0.25) is 0 Å². The van der Waals surface area contributed by atoms with Crippen LogP contribution in [0.1, 0.15) is 35.1 Å². The summed E-state index contributed by atoms with van der Waals surface area (Å²) < 4.78 is 5.37. The lowest BCUT2D eigenvalue weighted by Gasteiger charge is -2.24. The molecule has 2 rings (SSSR count). The van der Waals surface area contributed by atoms with Crippen LogP contribution in [0.25, 0.3) is 0 Å². The van der Waals surface area contributed by atoms with Gasteiger partial charge in [0.25, 0.3) is 0 Å². The fourth-order valence-corrected chi connectivity index (χ4v) is 2.64. The Morgan fingerprint density at radius 3 is 2.29 bits per heavy atom. The van der Waals surface area contributed by atoms with Crippen molar-refractivity contribution in [1.29, 1.82) is 0 Å². The molecular weight excluding hydrogens is 210 g/mol. The summed E-state index contributed by atoms with van der Waals surface area (Å²) in [7, 11) is 0. The van der Waals surface area contributed by atoms with Crippen LogP contribution in [0.3, 0.4) is 0 Å². The lowest BCUT2D eigenvalue weighted by atomic mass is 9.99. The van der Waals surface area contributed by atoms with E-state index in [4.69, 9.17) is 4.74 Å². The second-order valence-corrected chi connectivity index (χ2v) is 5.14. The molecule has 0 spiro atoms. The van der Waals surface area contributed by atoms with E-state index in [1.54, 1.807) is 0 Å². The van der Waals surface area contributed by atoms with Crippen LogP contribution in [0.5, 0.6) is 0 Å². The normalized spacial score (nSPS) is 17.4. The molecule has 0 aliphatic carbocycles. The van der Waals surface area contributed by atoms with E-state index >= 15 is 0 Å². The van der Waals surface area contributed by atoms with Crippen molar-refractivity contribution in [2.45, 2.75) is 46.2 Å². The molecule has 1 N–H and O–H groups in total. The van der Waals surface area contributed by atoms with E-state index in [2.05, 4.69) is 38.2 Å². The zero-order valence-electron chi connectivity index (χ0n) is 11.2. The molecule has 0 radical (unpaired) electrons. The van der Waals surface area contributed by atoms with Crippen molar-refractivity contribution in [3.63, 3.8) is 0 Å². The summed E-state index contributed by atoms with van der Waals surface area (Å²) in [6.45, 7) is 9.38. The molecule has 1 heterocycles. The highest BCUT2D eigenvalue weighted by atomic mass is 16.5. The number of rotatable bonds is 3. The van der Waals surface area contributed by atoms with Gasteiger partial charge in [-0.2, -0.15) is 0 Å². The Morgan fingerprint density at radius 1 is 1.12 bits per heavy atom. The number of hydrogen-bond acceptors (Lipinski definition) is 2. The number of ether oxygens (including phenoxy) is 1. The van der Waals surface area contributed by atoms with Gasteiger partial charge in [-0.1, -0.05) is 17.7 Å². The van der Waals surface area contributed by atoms with Crippen LogP contribution in [-0.4, -0.2) is 19.3 Å². The minimum absolute atomic E-state index is 0.629. The molecule has 0 amide bonds. The first-order valence-corrected chi connectivity index (χ1v) is 6.54. The molecule has 0 aromatic heterocycles. The highest BCUT2D eigenvalue weighted by Crippen LogP contribution is 2.17. The molecular formula is C15H23NO. The Labute approximate surface area is 104 Å². The van der Waals surface area contributed by atoms with Gasteiger partial charge in [-0.05, 0) is 50.3 Å². The summed E-state index contributed by atoms with van der Waals surface area (Å²) in [4.78, 5) is 0. The van der Waals surface area contributed by atoms with Gasteiger partial charge in [-0.15, -0.1) is 0 Å². The molecule has 17 heavy (non-hydrogen) atoms.